The molecule has 0 aliphatic carbocycles. The van der Waals surface area contributed by atoms with Gasteiger partial charge in [-0.15, -0.1) is 0 Å². The summed E-state index contributed by atoms with van der Waals surface area (Å²) in [5, 5.41) is 0. The molecule has 0 aliphatic rings. The van der Waals surface area contributed by atoms with Crippen LogP contribution in [-0.2, 0) is 0 Å². The van der Waals surface area contributed by atoms with Crippen LogP contribution in [0.1, 0.15) is 0 Å². The van der Waals surface area contributed by atoms with Crippen molar-refractivity contribution in [1.29, 1.82) is 0 Å². The first-order valence-corrected chi connectivity index (χ1v) is 5.03. The highest BCUT2D eigenvalue weighted by Gasteiger charge is 2.17. The summed E-state index contributed by atoms with van der Waals surface area (Å²) in [4.78, 5) is 16.5. The summed E-state index contributed by atoms with van der Waals surface area (Å²) in [5.41, 5.74) is 1.60. The fourth-order valence-electron chi connectivity index (χ4n) is 1.60. The molecule has 5 nitrogen and oxygen atoms in total. The Bertz CT molecular complexity index is 492. The van der Waals surface area contributed by atoms with Gasteiger partial charge in [-0.25, -0.2) is 9.97 Å². The summed E-state index contributed by atoms with van der Waals surface area (Å²) < 4.78 is 0. The van der Waals surface area contributed by atoms with Crippen molar-refractivity contribution >= 4 is 17.0 Å². The molecule has 82 valence electrons. The predicted molar refractivity (Wildman–Crippen MR) is 63.1 cm³/mol. The van der Waals surface area contributed by atoms with Crippen molar-refractivity contribution in [2.75, 3.05) is 18.0 Å². The number of aromatic nitrogens is 4. The molecule has 0 spiro atoms. The second-order valence-electron chi connectivity index (χ2n) is 3.33. The maximum Gasteiger partial charge on any atom is 0.260 e. The Balaban J connectivity index is 2.45. The summed E-state index contributed by atoms with van der Waals surface area (Å²) in [7, 11) is 0. The zero-order valence-corrected chi connectivity index (χ0v) is 8.98. The van der Waals surface area contributed by atoms with Gasteiger partial charge in [0.2, 0.25) is 6.33 Å². The van der Waals surface area contributed by atoms with Crippen molar-refractivity contribution < 1.29 is 4.98 Å². The Labute approximate surface area is 93.6 Å². The van der Waals surface area contributed by atoms with Crippen molar-refractivity contribution in [3.63, 3.8) is 0 Å². The molecule has 16 heavy (non-hydrogen) atoms. The number of imidazole rings is 1. The highest BCUT2D eigenvalue weighted by molar-refractivity contribution is 5.80. The molecule has 2 N–H and O–H groups in total. The van der Waals surface area contributed by atoms with E-state index >= 15 is 0 Å². The van der Waals surface area contributed by atoms with Crippen LogP contribution in [0.4, 0.5) is 5.82 Å². The third-order valence-electron chi connectivity index (χ3n) is 2.26. The summed E-state index contributed by atoms with van der Waals surface area (Å²) in [5.74, 6) is 0.947. The predicted octanol–water partition coefficient (Wildman–Crippen LogP) is 0.950. The lowest BCUT2D eigenvalue weighted by Gasteiger charge is -2.14. The van der Waals surface area contributed by atoms with E-state index in [-0.39, 0.29) is 0 Å². The average molecular weight is 216 g/mol. The fraction of sp³-hybridized carbons (Fsp3) is 0.182. The van der Waals surface area contributed by atoms with E-state index < -0.39 is 0 Å². The first kappa shape index (κ1) is 10.4. The van der Waals surface area contributed by atoms with Crippen molar-refractivity contribution in [3.8, 4) is 0 Å². The number of hydrogen-bond donors (Lipinski definition) is 1. The zero-order valence-electron chi connectivity index (χ0n) is 8.98. The van der Waals surface area contributed by atoms with E-state index in [4.69, 9.17) is 0 Å². The molecule has 5 heteroatoms. The molecular formula is C11H14N5+. The van der Waals surface area contributed by atoms with Gasteiger partial charge in [0.1, 0.15) is 0 Å². The molecule has 0 aliphatic heterocycles. The summed E-state index contributed by atoms with van der Waals surface area (Å²) >= 11 is 0. The molecule has 0 bridgehead atoms. The number of rotatable bonds is 5. The van der Waals surface area contributed by atoms with Gasteiger partial charge < -0.3 is 4.98 Å². The highest BCUT2D eigenvalue weighted by Crippen LogP contribution is 2.16. The Hall–Kier alpha value is -2.17. The topological polar surface area (TPSA) is 59.0 Å². The lowest BCUT2D eigenvalue weighted by molar-refractivity contribution is -0.366. The number of anilines is 1. The maximum absolute atomic E-state index is 4.13. The third kappa shape index (κ3) is 1.79. The highest BCUT2D eigenvalue weighted by atomic mass is 15.2. The molecule has 0 fully saturated rings. The number of aromatic amines is 2. The van der Waals surface area contributed by atoms with Crippen LogP contribution < -0.4 is 9.88 Å². The zero-order chi connectivity index (χ0) is 11.4. The maximum atomic E-state index is 4.13. The Morgan fingerprint density at radius 2 is 2.06 bits per heavy atom. The van der Waals surface area contributed by atoms with Crippen LogP contribution in [0, 0.1) is 0 Å². The number of fused-ring (bicyclic) bond motifs is 1. The molecule has 0 saturated heterocycles. The number of nitrogens with zero attached hydrogens (tertiary/aromatic N) is 3. The second kappa shape index (κ2) is 4.57. The minimum Gasteiger partial charge on any atom is -0.336 e. The first-order chi connectivity index (χ1) is 7.86. The Morgan fingerprint density at radius 3 is 2.75 bits per heavy atom. The van der Waals surface area contributed by atoms with Gasteiger partial charge in [-0.2, -0.15) is 0 Å². The molecule has 0 amide bonds. The molecule has 2 heterocycles. The quantitative estimate of drug-likeness (QED) is 0.757. The molecule has 0 aromatic carbocycles. The van der Waals surface area contributed by atoms with E-state index in [1.54, 1.807) is 12.7 Å². The Kier molecular flexibility index (Phi) is 2.95. The smallest absolute Gasteiger partial charge is 0.260 e. The third-order valence-corrected chi connectivity index (χ3v) is 2.26. The van der Waals surface area contributed by atoms with E-state index in [0.717, 1.165) is 24.4 Å². The molecule has 0 unspecified atom stereocenters. The second-order valence-corrected chi connectivity index (χ2v) is 3.33. The summed E-state index contributed by atoms with van der Waals surface area (Å²) in [6.45, 7) is 8.96. The number of H-pyrrole nitrogens is 2. The fourth-order valence-corrected chi connectivity index (χ4v) is 1.60. The van der Waals surface area contributed by atoms with Gasteiger partial charge in [0.05, 0.1) is 19.4 Å². The SMILES string of the molecule is C=CCN(CC=C)c1[nH+]cnc2nc[nH]c12. The molecule has 2 rings (SSSR count). The van der Waals surface area contributed by atoms with Crippen LogP contribution in [0.3, 0.4) is 0 Å². The monoisotopic (exact) mass is 216 g/mol. The van der Waals surface area contributed by atoms with Crippen LogP contribution >= 0.6 is 0 Å². The minimum atomic E-state index is 0.701. The van der Waals surface area contributed by atoms with E-state index in [1.807, 2.05) is 12.2 Å². The van der Waals surface area contributed by atoms with Gasteiger partial charge >= 0.3 is 0 Å². The molecule has 0 atom stereocenters. The molecule has 2 aromatic heterocycles. The lowest BCUT2D eigenvalue weighted by Crippen LogP contribution is -2.29. The van der Waals surface area contributed by atoms with Crippen molar-refractivity contribution in [1.82, 2.24) is 15.0 Å². The number of hydrogen-bond acceptors (Lipinski definition) is 3. The largest absolute Gasteiger partial charge is 0.336 e. The van der Waals surface area contributed by atoms with Crippen LogP contribution in [0.15, 0.2) is 38.0 Å². The van der Waals surface area contributed by atoms with E-state index in [2.05, 4.69) is 38.0 Å². The Morgan fingerprint density at radius 1 is 1.31 bits per heavy atom. The van der Waals surface area contributed by atoms with Crippen LogP contribution in [0.2, 0.25) is 0 Å². The van der Waals surface area contributed by atoms with Crippen molar-refractivity contribution in [2.45, 2.75) is 0 Å². The van der Waals surface area contributed by atoms with Gasteiger partial charge in [0.25, 0.3) is 11.5 Å². The summed E-state index contributed by atoms with van der Waals surface area (Å²) in [6.07, 6.45) is 6.96. The van der Waals surface area contributed by atoms with Gasteiger partial charge in [-0.3, -0.25) is 4.90 Å². The molecule has 0 radical (unpaired) electrons. The lowest BCUT2D eigenvalue weighted by atomic mass is 10.4. The van der Waals surface area contributed by atoms with Crippen LogP contribution in [-0.4, -0.2) is 28.0 Å². The standard InChI is InChI=1S/C11H13N5/c1-3-5-16(6-4-2)11-9-10(13-7-12-9)14-8-15-11/h3-4,7-8H,1-2,5-6H2,(H,12,13,14,15)/p+1. The van der Waals surface area contributed by atoms with E-state index in [1.165, 1.54) is 0 Å². The van der Waals surface area contributed by atoms with Gasteiger partial charge in [0, 0.05) is 0 Å². The van der Waals surface area contributed by atoms with Gasteiger partial charge in [0.15, 0.2) is 5.52 Å². The van der Waals surface area contributed by atoms with Gasteiger partial charge in [-0.1, -0.05) is 30.3 Å². The normalized spacial score (nSPS) is 10.2. The summed E-state index contributed by atoms with van der Waals surface area (Å²) in [6, 6.07) is 0. The number of nitrogens with one attached hydrogen (secondary N) is 2. The average Bonchev–Trinajstić information content (AvgIpc) is 2.76. The van der Waals surface area contributed by atoms with E-state index in [0.29, 0.717) is 5.65 Å². The van der Waals surface area contributed by atoms with Crippen molar-refractivity contribution in [2.24, 2.45) is 0 Å². The van der Waals surface area contributed by atoms with Crippen LogP contribution in [0.5, 0.6) is 0 Å². The molecule has 0 saturated carbocycles. The van der Waals surface area contributed by atoms with Gasteiger partial charge in [-0.05, 0) is 0 Å². The minimum absolute atomic E-state index is 0.701. The first-order valence-electron chi connectivity index (χ1n) is 5.03. The van der Waals surface area contributed by atoms with Crippen LogP contribution in [0.25, 0.3) is 11.2 Å². The molecule has 2 aromatic rings. The van der Waals surface area contributed by atoms with E-state index in [9.17, 15) is 0 Å². The molecular weight excluding hydrogens is 202 g/mol. The van der Waals surface area contributed by atoms with Crippen molar-refractivity contribution in [3.05, 3.63) is 38.0 Å².